The lowest BCUT2D eigenvalue weighted by atomic mass is 9.94. The van der Waals surface area contributed by atoms with Gasteiger partial charge < -0.3 is 15.5 Å². The van der Waals surface area contributed by atoms with Crippen LogP contribution in [0.2, 0.25) is 0 Å². The van der Waals surface area contributed by atoms with Crippen LogP contribution in [0.1, 0.15) is 32.1 Å². The van der Waals surface area contributed by atoms with Crippen LogP contribution in [-0.2, 0) is 9.59 Å². The number of hydrogen-bond donors (Lipinski definition) is 2. The number of nitrogens with zero attached hydrogens (tertiary/aromatic N) is 1. The molecule has 0 radical (unpaired) electrons. The Bertz CT molecular complexity index is 541. The minimum Gasteiger partial charge on any atom is -0.326 e. The van der Waals surface area contributed by atoms with E-state index in [1.54, 1.807) is 4.90 Å². The summed E-state index contributed by atoms with van der Waals surface area (Å²) in [4.78, 5) is 25.6. The second kappa shape index (κ2) is 8.31. The summed E-state index contributed by atoms with van der Waals surface area (Å²) in [6.45, 7) is 2.81. The summed E-state index contributed by atoms with van der Waals surface area (Å²) in [6, 6.07) is 7.56. The lowest BCUT2D eigenvalue weighted by molar-refractivity contribution is -0.118. The molecule has 0 unspecified atom stereocenters. The molecule has 23 heavy (non-hydrogen) atoms. The number of piperidine rings is 1. The molecule has 0 aliphatic carbocycles. The number of nitrogens with one attached hydrogen (secondary N) is 2. The summed E-state index contributed by atoms with van der Waals surface area (Å²) >= 11 is 0. The summed E-state index contributed by atoms with van der Waals surface area (Å²) in [6.07, 6.45) is 4.29. The fraction of sp³-hybridized carbons (Fsp3) is 0.529. The minimum atomic E-state index is 0. The van der Waals surface area contributed by atoms with Crippen LogP contribution in [0.4, 0.5) is 11.4 Å². The van der Waals surface area contributed by atoms with Crippen molar-refractivity contribution in [3.8, 4) is 0 Å². The van der Waals surface area contributed by atoms with Gasteiger partial charge in [-0.2, -0.15) is 0 Å². The fourth-order valence-electron chi connectivity index (χ4n) is 3.21. The van der Waals surface area contributed by atoms with E-state index in [0.29, 0.717) is 18.8 Å². The maximum Gasteiger partial charge on any atom is 0.227 e. The van der Waals surface area contributed by atoms with Crippen molar-refractivity contribution < 1.29 is 9.59 Å². The van der Waals surface area contributed by atoms with Crippen LogP contribution in [0.25, 0.3) is 0 Å². The Balaban J connectivity index is 0.00000192. The molecular weight excluding hydrogens is 314 g/mol. The van der Waals surface area contributed by atoms with Crippen molar-refractivity contribution in [1.29, 1.82) is 0 Å². The van der Waals surface area contributed by atoms with Crippen LogP contribution in [0.3, 0.4) is 0 Å². The SMILES string of the molecule is Cl.O=C(CC1CCNCC1)Nc1ccc(N2CCCC2=O)cc1. The summed E-state index contributed by atoms with van der Waals surface area (Å²) in [5, 5.41) is 6.27. The van der Waals surface area contributed by atoms with E-state index in [-0.39, 0.29) is 24.2 Å². The zero-order valence-corrected chi connectivity index (χ0v) is 14.0. The lowest BCUT2D eigenvalue weighted by Crippen LogP contribution is -2.30. The van der Waals surface area contributed by atoms with Crippen LogP contribution in [0.5, 0.6) is 0 Å². The first kappa shape index (κ1) is 17.8. The highest BCUT2D eigenvalue weighted by molar-refractivity contribution is 5.96. The van der Waals surface area contributed by atoms with Gasteiger partial charge >= 0.3 is 0 Å². The molecule has 0 bridgehead atoms. The third kappa shape index (κ3) is 4.69. The molecule has 1 aromatic rings. The van der Waals surface area contributed by atoms with E-state index in [2.05, 4.69) is 10.6 Å². The monoisotopic (exact) mass is 337 g/mol. The highest BCUT2D eigenvalue weighted by Crippen LogP contribution is 2.23. The molecule has 1 aromatic carbocycles. The zero-order chi connectivity index (χ0) is 15.4. The smallest absolute Gasteiger partial charge is 0.227 e. The third-order valence-corrected chi connectivity index (χ3v) is 4.47. The first-order valence-corrected chi connectivity index (χ1v) is 8.13. The highest BCUT2D eigenvalue weighted by Gasteiger charge is 2.21. The van der Waals surface area contributed by atoms with E-state index in [0.717, 1.165) is 50.3 Å². The Morgan fingerprint density at radius 1 is 1.22 bits per heavy atom. The van der Waals surface area contributed by atoms with Gasteiger partial charge in [0.1, 0.15) is 0 Å². The topological polar surface area (TPSA) is 61.4 Å². The number of anilines is 2. The molecule has 0 spiro atoms. The van der Waals surface area contributed by atoms with E-state index in [9.17, 15) is 9.59 Å². The Morgan fingerprint density at radius 2 is 1.91 bits per heavy atom. The van der Waals surface area contributed by atoms with Crippen molar-refractivity contribution in [2.24, 2.45) is 5.92 Å². The molecule has 0 atom stereocenters. The van der Waals surface area contributed by atoms with E-state index in [4.69, 9.17) is 0 Å². The van der Waals surface area contributed by atoms with Gasteiger partial charge in [-0.25, -0.2) is 0 Å². The first-order chi connectivity index (χ1) is 10.7. The van der Waals surface area contributed by atoms with Gasteiger partial charge in [0.15, 0.2) is 0 Å². The molecule has 2 heterocycles. The molecule has 3 rings (SSSR count). The quantitative estimate of drug-likeness (QED) is 0.887. The maximum absolute atomic E-state index is 12.1. The van der Waals surface area contributed by atoms with Crippen LogP contribution < -0.4 is 15.5 Å². The van der Waals surface area contributed by atoms with E-state index in [1.807, 2.05) is 24.3 Å². The number of rotatable bonds is 4. The molecule has 2 amide bonds. The van der Waals surface area contributed by atoms with Gasteiger partial charge in [0.25, 0.3) is 0 Å². The Hall–Kier alpha value is -1.59. The molecule has 0 aromatic heterocycles. The predicted octanol–water partition coefficient (Wildman–Crippen LogP) is 2.56. The summed E-state index contributed by atoms with van der Waals surface area (Å²) in [5.41, 5.74) is 1.72. The normalized spacial score (nSPS) is 18.6. The van der Waals surface area contributed by atoms with E-state index >= 15 is 0 Å². The highest BCUT2D eigenvalue weighted by atomic mass is 35.5. The second-order valence-corrected chi connectivity index (χ2v) is 6.14. The predicted molar refractivity (Wildman–Crippen MR) is 94.1 cm³/mol. The number of carbonyl (C=O) groups is 2. The molecule has 2 saturated heterocycles. The average molecular weight is 338 g/mol. The van der Waals surface area contributed by atoms with Crippen LogP contribution >= 0.6 is 12.4 Å². The third-order valence-electron chi connectivity index (χ3n) is 4.47. The van der Waals surface area contributed by atoms with E-state index in [1.165, 1.54) is 0 Å². The molecule has 126 valence electrons. The number of carbonyl (C=O) groups excluding carboxylic acids is 2. The number of halogens is 1. The lowest BCUT2D eigenvalue weighted by Gasteiger charge is -2.22. The summed E-state index contributed by atoms with van der Waals surface area (Å²) in [5.74, 6) is 0.752. The summed E-state index contributed by atoms with van der Waals surface area (Å²) in [7, 11) is 0. The average Bonchev–Trinajstić information content (AvgIpc) is 2.95. The van der Waals surface area contributed by atoms with Gasteiger partial charge in [-0.05, 0) is 62.5 Å². The van der Waals surface area contributed by atoms with Crippen LogP contribution in [0, 0.1) is 5.92 Å². The fourth-order valence-corrected chi connectivity index (χ4v) is 3.21. The van der Waals surface area contributed by atoms with Gasteiger partial charge in [0.2, 0.25) is 11.8 Å². The van der Waals surface area contributed by atoms with Gasteiger partial charge in [-0.15, -0.1) is 12.4 Å². The van der Waals surface area contributed by atoms with Crippen molar-refractivity contribution in [2.45, 2.75) is 32.1 Å². The van der Waals surface area contributed by atoms with Crippen molar-refractivity contribution in [1.82, 2.24) is 5.32 Å². The number of hydrogen-bond acceptors (Lipinski definition) is 3. The molecule has 0 saturated carbocycles. The standard InChI is InChI=1S/C17H23N3O2.ClH/c21-16(12-13-7-9-18-10-8-13)19-14-3-5-15(6-4-14)20-11-1-2-17(20)22;/h3-6,13,18H,1-2,7-12H2,(H,19,21);1H. The molecule has 2 aliphatic heterocycles. The first-order valence-electron chi connectivity index (χ1n) is 8.13. The van der Waals surface area contributed by atoms with Gasteiger partial charge in [0.05, 0.1) is 0 Å². The molecule has 2 aliphatic rings. The molecule has 5 nitrogen and oxygen atoms in total. The second-order valence-electron chi connectivity index (χ2n) is 6.14. The summed E-state index contributed by atoms with van der Waals surface area (Å²) < 4.78 is 0. The number of amides is 2. The molecular formula is C17H24ClN3O2. The van der Waals surface area contributed by atoms with E-state index < -0.39 is 0 Å². The number of benzene rings is 1. The Labute approximate surface area is 143 Å². The maximum atomic E-state index is 12.1. The zero-order valence-electron chi connectivity index (χ0n) is 13.2. The van der Waals surface area contributed by atoms with Gasteiger partial charge in [-0.3, -0.25) is 9.59 Å². The van der Waals surface area contributed by atoms with Gasteiger partial charge in [0, 0.05) is 30.8 Å². The van der Waals surface area contributed by atoms with Crippen molar-refractivity contribution >= 4 is 35.6 Å². The van der Waals surface area contributed by atoms with Crippen molar-refractivity contribution in [3.63, 3.8) is 0 Å². The van der Waals surface area contributed by atoms with Crippen molar-refractivity contribution in [2.75, 3.05) is 29.9 Å². The Kier molecular flexibility index (Phi) is 6.42. The largest absolute Gasteiger partial charge is 0.326 e. The molecule has 2 N–H and O–H groups in total. The van der Waals surface area contributed by atoms with Crippen molar-refractivity contribution in [3.05, 3.63) is 24.3 Å². The molecule has 6 heteroatoms. The van der Waals surface area contributed by atoms with Crippen LogP contribution in [-0.4, -0.2) is 31.4 Å². The molecule has 2 fully saturated rings. The minimum absolute atomic E-state index is 0. The van der Waals surface area contributed by atoms with Gasteiger partial charge in [-0.1, -0.05) is 0 Å². The Morgan fingerprint density at radius 3 is 2.52 bits per heavy atom. The van der Waals surface area contributed by atoms with Crippen LogP contribution in [0.15, 0.2) is 24.3 Å².